The predicted octanol–water partition coefficient (Wildman–Crippen LogP) is 4.63. The molecule has 40 heavy (non-hydrogen) atoms. The number of likely N-dealkylation sites (tertiary alicyclic amines) is 1. The minimum Gasteiger partial charge on any atom is -0.457 e. The van der Waals surface area contributed by atoms with Gasteiger partial charge in [0.05, 0.1) is 29.0 Å². The third-order valence-corrected chi connectivity index (χ3v) is 8.14. The monoisotopic (exact) mass is 556 g/mol. The van der Waals surface area contributed by atoms with Gasteiger partial charge < -0.3 is 25.6 Å². The third-order valence-electron chi connectivity index (χ3n) is 7.04. The molecule has 0 aliphatic carbocycles. The Balaban J connectivity index is 1.27. The van der Waals surface area contributed by atoms with Gasteiger partial charge in [0, 0.05) is 25.3 Å². The molecule has 204 valence electrons. The van der Waals surface area contributed by atoms with E-state index in [0.717, 1.165) is 16.7 Å². The molecule has 1 fully saturated rings. The summed E-state index contributed by atoms with van der Waals surface area (Å²) in [4.78, 5) is 48.0. The van der Waals surface area contributed by atoms with Crippen molar-refractivity contribution in [2.24, 2.45) is 0 Å². The van der Waals surface area contributed by atoms with Crippen molar-refractivity contribution in [1.29, 1.82) is 0 Å². The third kappa shape index (κ3) is 4.74. The van der Waals surface area contributed by atoms with Gasteiger partial charge in [-0.05, 0) is 62.4 Å². The number of carbonyl (C=O) groups excluding carboxylic acids is 3. The number of aryl methyl sites for hydroxylation is 1. The first-order valence-corrected chi connectivity index (χ1v) is 13.8. The molecule has 0 bridgehead atoms. The van der Waals surface area contributed by atoms with E-state index >= 15 is 0 Å². The van der Waals surface area contributed by atoms with Gasteiger partial charge in [0.15, 0.2) is 0 Å². The minimum absolute atomic E-state index is 0.00681. The van der Waals surface area contributed by atoms with Crippen LogP contribution in [0.5, 0.6) is 11.5 Å². The smallest absolute Gasteiger partial charge is 0.331 e. The lowest BCUT2D eigenvalue weighted by molar-refractivity contribution is -0.129. The molecule has 0 saturated carbocycles. The maximum atomic E-state index is 13.5. The summed E-state index contributed by atoms with van der Waals surface area (Å²) in [5.74, 6) is 1.11. The van der Waals surface area contributed by atoms with Crippen LogP contribution in [0.15, 0.2) is 60.8 Å². The predicted molar refractivity (Wildman–Crippen MR) is 155 cm³/mol. The van der Waals surface area contributed by atoms with Crippen molar-refractivity contribution >= 4 is 56.5 Å². The molecule has 2 aliphatic heterocycles. The van der Waals surface area contributed by atoms with Crippen LogP contribution in [0.25, 0.3) is 10.2 Å². The normalized spacial score (nSPS) is 16.2. The highest BCUT2D eigenvalue weighted by Crippen LogP contribution is 2.46. The van der Waals surface area contributed by atoms with Crippen LogP contribution in [0.2, 0.25) is 0 Å². The van der Waals surface area contributed by atoms with Gasteiger partial charge in [0.1, 0.15) is 21.2 Å². The van der Waals surface area contributed by atoms with E-state index in [1.807, 2.05) is 55.5 Å². The molecule has 2 aliphatic rings. The highest BCUT2D eigenvalue weighted by molar-refractivity contribution is 7.21. The molecule has 4 heterocycles. The Labute approximate surface area is 234 Å². The quantitative estimate of drug-likeness (QED) is 0.306. The average molecular weight is 557 g/mol. The van der Waals surface area contributed by atoms with Crippen molar-refractivity contribution in [3.05, 3.63) is 71.2 Å². The summed E-state index contributed by atoms with van der Waals surface area (Å²) >= 11 is 1.24. The summed E-state index contributed by atoms with van der Waals surface area (Å²) in [6.07, 6.45) is 2.32. The first-order valence-electron chi connectivity index (χ1n) is 13.0. The van der Waals surface area contributed by atoms with Crippen LogP contribution in [0, 0.1) is 6.92 Å². The van der Waals surface area contributed by atoms with Gasteiger partial charge in [-0.2, -0.15) is 0 Å². The van der Waals surface area contributed by atoms with Crippen LogP contribution < -0.4 is 25.6 Å². The molecule has 4 amide bonds. The SMILES string of the molecule is CNCC(=O)N1CCC(NC(=O)c2sc3nccc4c3c2NC(=O)N4c2ccc(Oc3ccccc3)cc2C)C1. The highest BCUT2D eigenvalue weighted by atomic mass is 32.1. The number of aromatic nitrogens is 1. The number of para-hydroxylation sites is 1. The van der Waals surface area contributed by atoms with Gasteiger partial charge in [0.25, 0.3) is 5.91 Å². The number of nitrogens with one attached hydrogen (secondary N) is 3. The summed E-state index contributed by atoms with van der Waals surface area (Å²) in [7, 11) is 1.73. The Kier molecular flexibility index (Phi) is 6.82. The Morgan fingerprint density at radius 1 is 1.12 bits per heavy atom. The number of ether oxygens (including phenoxy) is 1. The number of nitrogens with zero attached hydrogens (tertiary/aromatic N) is 3. The molecule has 1 saturated heterocycles. The summed E-state index contributed by atoms with van der Waals surface area (Å²) in [5.41, 5.74) is 2.67. The number of amides is 4. The molecule has 2 aromatic carbocycles. The second kappa shape index (κ2) is 10.6. The highest BCUT2D eigenvalue weighted by Gasteiger charge is 2.34. The molecule has 1 unspecified atom stereocenters. The first kappa shape index (κ1) is 25.8. The topological polar surface area (TPSA) is 116 Å². The molecule has 6 rings (SSSR count). The van der Waals surface area contributed by atoms with E-state index in [2.05, 4.69) is 20.9 Å². The number of anilines is 3. The number of rotatable bonds is 7. The lowest BCUT2D eigenvalue weighted by Gasteiger charge is -2.29. The van der Waals surface area contributed by atoms with Crippen LogP contribution in [-0.4, -0.2) is 60.5 Å². The van der Waals surface area contributed by atoms with Crippen LogP contribution >= 0.6 is 11.3 Å². The van der Waals surface area contributed by atoms with Gasteiger partial charge in [-0.1, -0.05) is 18.2 Å². The van der Waals surface area contributed by atoms with Crippen LogP contribution in [-0.2, 0) is 4.79 Å². The molecular weight excluding hydrogens is 528 g/mol. The Bertz CT molecular complexity index is 1620. The number of hydrogen-bond acceptors (Lipinski definition) is 7. The number of likely N-dealkylation sites (N-methyl/N-ethyl adjacent to an activating group) is 1. The van der Waals surface area contributed by atoms with E-state index in [9.17, 15) is 14.4 Å². The largest absolute Gasteiger partial charge is 0.457 e. The standard InChI is InChI=1S/C29H28N6O4S/c1-17-14-20(39-19-6-4-3-5-7-19)8-9-21(17)35-22-10-12-31-28-24(22)25(33-29(35)38)26(40-28)27(37)32-18-11-13-34(16-18)23(36)15-30-2/h3-10,12,14,18,30H,11,13,15-16H2,1-2H3,(H,32,37)(H,33,38). The van der Waals surface area contributed by atoms with Crippen LogP contribution in [0.3, 0.4) is 0 Å². The summed E-state index contributed by atoms with van der Waals surface area (Å²) < 4.78 is 5.96. The molecule has 0 radical (unpaired) electrons. The van der Waals surface area contributed by atoms with Crippen molar-refractivity contribution in [2.75, 3.05) is 36.9 Å². The lowest BCUT2D eigenvalue weighted by atomic mass is 10.1. The van der Waals surface area contributed by atoms with Crippen LogP contribution in [0.1, 0.15) is 21.7 Å². The van der Waals surface area contributed by atoms with Crippen LogP contribution in [0.4, 0.5) is 21.9 Å². The molecule has 2 aromatic heterocycles. The Morgan fingerprint density at radius 3 is 2.73 bits per heavy atom. The number of pyridine rings is 1. The van der Waals surface area contributed by atoms with E-state index in [1.165, 1.54) is 11.3 Å². The van der Waals surface area contributed by atoms with Crippen molar-refractivity contribution in [1.82, 2.24) is 20.5 Å². The Hall–Kier alpha value is -4.48. The van der Waals surface area contributed by atoms with E-state index in [1.54, 1.807) is 29.1 Å². The second-order valence-corrected chi connectivity index (χ2v) is 10.8. The zero-order valence-electron chi connectivity index (χ0n) is 22.1. The second-order valence-electron chi connectivity index (χ2n) is 9.77. The number of carbonyl (C=O) groups is 3. The fourth-order valence-electron chi connectivity index (χ4n) is 5.17. The fourth-order valence-corrected chi connectivity index (χ4v) is 6.19. The van der Waals surface area contributed by atoms with Gasteiger partial charge in [0.2, 0.25) is 5.91 Å². The first-order chi connectivity index (χ1) is 19.4. The zero-order chi connectivity index (χ0) is 27.8. The van der Waals surface area contributed by atoms with Crippen molar-refractivity contribution in [2.45, 2.75) is 19.4 Å². The fraction of sp³-hybridized carbons (Fsp3) is 0.241. The number of benzene rings is 2. The van der Waals surface area contributed by atoms with E-state index in [4.69, 9.17) is 4.74 Å². The number of thiophene rings is 1. The average Bonchev–Trinajstić information content (AvgIpc) is 3.56. The molecule has 0 spiro atoms. The van der Waals surface area contributed by atoms with Crippen molar-refractivity contribution < 1.29 is 19.1 Å². The summed E-state index contributed by atoms with van der Waals surface area (Å²) in [5, 5.41) is 9.58. The molecular formula is C29H28N6O4S. The lowest BCUT2D eigenvalue weighted by Crippen LogP contribution is -2.40. The van der Waals surface area contributed by atoms with Gasteiger partial charge >= 0.3 is 6.03 Å². The maximum absolute atomic E-state index is 13.5. The maximum Gasteiger partial charge on any atom is 0.331 e. The molecule has 3 N–H and O–H groups in total. The zero-order valence-corrected chi connectivity index (χ0v) is 22.9. The molecule has 11 heteroatoms. The molecule has 10 nitrogen and oxygen atoms in total. The molecule has 4 aromatic rings. The van der Waals surface area contributed by atoms with Gasteiger partial charge in [-0.15, -0.1) is 11.3 Å². The summed E-state index contributed by atoms with van der Waals surface area (Å²) in [6.45, 7) is 3.24. The number of urea groups is 1. The van der Waals surface area contributed by atoms with Gasteiger partial charge in [-0.25, -0.2) is 9.78 Å². The van der Waals surface area contributed by atoms with Gasteiger partial charge in [-0.3, -0.25) is 14.5 Å². The minimum atomic E-state index is -0.364. The van der Waals surface area contributed by atoms with E-state index < -0.39 is 0 Å². The molecule has 1 atom stereocenters. The van der Waals surface area contributed by atoms with Crippen molar-refractivity contribution in [3.63, 3.8) is 0 Å². The van der Waals surface area contributed by atoms with Crippen molar-refractivity contribution in [3.8, 4) is 11.5 Å². The van der Waals surface area contributed by atoms with E-state index in [-0.39, 0.29) is 30.4 Å². The Morgan fingerprint density at radius 2 is 1.95 bits per heavy atom. The number of hydrogen-bond donors (Lipinski definition) is 3. The summed E-state index contributed by atoms with van der Waals surface area (Å²) in [6, 6.07) is 16.3. The van der Waals surface area contributed by atoms with E-state index in [0.29, 0.717) is 52.0 Å².